The molecule has 6 fully saturated rings. The lowest BCUT2D eigenvalue weighted by Crippen LogP contribution is -2.76. The molecular weight excluding hydrogens is 957 g/mol. The number of hydrogen-bond donors (Lipinski definition) is 8. The van der Waals surface area contributed by atoms with Gasteiger partial charge in [-0.15, -0.1) is 0 Å². The zero-order chi connectivity index (χ0) is 54.3. The van der Waals surface area contributed by atoms with Gasteiger partial charge in [-0.3, -0.25) is 4.79 Å². The molecule has 73 heavy (non-hydrogen) atoms. The van der Waals surface area contributed by atoms with Gasteiger partial charge in [-0.05, 0) is 102 Å². The summed E-state index contributed by atoms with van der Waals surface area (Å²) in [4.78, 5) is 54.9. The SMILES string of the molecule is C/C=C(/C)C(=O)O[C@H]1[C@H](OC(=O)/C(C)=C\C)[C@]2(CO)[C@H](O)[C@H](O)[C@]3(C)C(=CC[C@@H]4[C@@]5(C)CC[C@H](O[C@@H]6O[C@H](C(=O)OC)[C@@H](O)[C@H](O[C@@H]7OC[C@H](O)[C@H](O)[C@H]7O)[C@H]6O)[C@@](C)(C(=O)OC)[C@@H]5CC[C@]43C)[C@@H]2CC1(C)C. The van der Waals surface area contributed by atoms with Gasteiger partial charge in [0, 0.05) is 22.0 Å². The zero-order valence-corrected chi connectivity index (χ0v) is 44.2. The van der Waals surface area contributed by atoms with Gasteiger partial charge in [0.2, 0.25) is 0 Å². The molecule has 7 rings (SSSR count). The maximum absolute atomic E-state index is 14.5. The molecule has 22 atom stereocenters. The number of carbonyl (C=O) groups is 4. The second-order valence-electron chi connectivity index (χ2n) is 23.4. The highest BCUT2D eigenvalue weighted by molar-refractivity contribution is 5.89. The predicted octanol–water partition coefficient (Wildman–Crippen LogP) is 1.68. The lowest BCUT2D eigenvalue weighted by molar-refractivity contribution is -0.357. The first kappa shape index (κ1) is 57.3. The molecular formula is C53H80O20. The summed E-state index contributed by atoms with van der Waals surface area (Å²) in [5.41, 5.74) is -5.38. The quantitative estimate of drug-likeness (QED) is 0.0480. The Balaban J connectivity index is 1.25. The molecule has 0 radical (unpaired) electrons. The molecule has 0 spiro atoms. The van der Waals surface area contributed by atoms with Gasteiger partial charge in [-0.1, -0.05) is 58.4 Å². The molecule has 7 aliphatic rings. The number of aliphatic hydroxyl groups excluding tert-OH is 8. The van der Waals surface area contributed by atoms with E-state index in [1.54, 1.807) is 46.8 Å². The van der Waals surface area contributed by atoms with Gasteiger partial charge in [0.25, 0.3) is 0 Å². The summed E-state index contributed by atoms with van der Waals surface area (Å²) < 4.78 is 46.7. The normalized spacial score (nSPS) is 47.6. The first-order valence-electron chi connectivity index (χ1n) is 25.6. The van der Waals surface area contributed by atoms with Crippen molar-refractivity contribution in [3.63, 3.8) is 0 Å². The third kappa shape index (κ3) is 8.65. The molecule has 0 aromatic carbocycles. The Hall–Kier alpha value is -3.38. The summed E-state index contributed by atoms with van der Waals surface area (Å²) in [5, 5.41) is 91.9. The number of esters is 4. The molecule has 8 N–H and O–H groups in total. The van der Waals surface area contributed by atoms with Gasteiger partial charge >= 0.3 is 23.9 Å². The predicted molar refractivity (Wildman–Crippen MR) is 255 cm³/mol. The molecule has 0 aromatic heterocycles. The molecule has 5 aliphatic carbocycles. The summed E-state index contributed by atoms with van der Waals surface area (Å²) in [6.07, 6.45) is -15.2. The Kier molecular flexibility index (Phi) is 16.1. The number of allylic oxidation sites excluding steroid dienone is 3. The van der Waals surface area contributed by atoms with Crippen molar-refractivity contribution in [2.45, 2.75) is 194 Å². The maximum atomic E-state index is 14.5. The van der Waals surface area contributed by atoms with Crippen LogP contribution in [0.15, 0.2) is 34.9 Å². The molecule has 20 heteroatoms. The van der Waals surface area contributed by atoms with E-state index in [1.807, 2.05) is 20.8 Å². The highest BCUT2D eigenvalue weighted by Crippen LogP contribution is 2.76. The second-order valence-corrected chi connectivity index (χ2v) is 23.4. The van der Waals surface area contributed by atoms with E-state index in [0.29, 0.717) is 31.3 Å². The Morgan fingerprint density at radius 2 is 1.36 bits per heavy atom. The van der Waals surface area contributed by atoms with Crippen LogP contribution in [0.4, 0.5) is 0 Å². The number of hydrogen-bond acceptors (Lipinski definition) is 20. The molecule has 0 amide bonds. The van der Waals surface area contributed by atoms with E-state index in [9.17, 15) is 60.0 Å². The molecule has 0 bridgehead atoms. The van der Waals surface area contributed by atoms with Crippen LogP contribution in [0.3, 0.4) is 0 Å². The van der Waals surface area contributed by atoms with E-state index in [1.165, 1.54) is 7.11 Å². The van der Waals surface area contributed by atoms with E-state index >= 15 is 0 Å². The summed E-state index contributed by atoms with van der Waals surface area (Å²) >= 11 is 0. The summed E-state index contributed by atoms with van der Waals surface area (Å²) in [5.74, 6) is -4.48. The molecule has 20 nitrogen and oxygen atoms in total. The molecule has 2 heterocycles. The molecule has 0 aromatic rings. The van der Waals surface area contributed by atoms with Crippen molar-refractivity contribution in [3.8, 4) is 0 Å². The van der Waals surface area contributed by atoms with Gasteiger partial charge in [0.15, 0.2) is 24.8 Å². The Labute approximate surface area is 427 Å². The summed E-state index contributed by atoms with van der Waals surface area (Å²) in [6, 6.07) is 0. The second kappa shape index (κ2) is 20.5. The van der Waals surface area contributed by atoms with Crippen molar-refractivity contribution in [1.82, 2.24) is 0 Å². The molecule has 0 unspecified atom stereocenters. The van der Waals surface area contributed by atoms with Crippen molar-refractivity contribution in [3.05, 3.63) is 34.9 Å². The maximum Gasteiger partial charge on any atom is 0.337 e. The highest BCUT2D eigenvalue weighted by atomic mass is 16.7. The number of aliphatic hydroxyl groups is 8. The molecule has 412 valence electrons. The lowest BCUT2D eigenvalue weighted by Gasteiger charge is -2.73. The fourth-order valence-electron chi connectivity index (χ4n) is 15.0. The topological polar surface area (TPSA) is 304 Å². The van der Waals surface area contributed by atoms with Crippen LogP contribution in [-0.2, 0) is 57.1 Å². The van der Waals surface area contributed by atoms with Gasteiger partial charge in [-0.2, -0.15) is 0 Å². The van der Waals surface area contributed by atoms with E-state index in [0.717, 1.165) is 12.7 Å². The summed E-state index contributed by atoms with van der Waals surface area (Å²) in [6.45, 7) is 17.1. The number of carbonyl (C=O) groups excluding carboxylic acids is 4. The zero-order valence-electron chi connectivity index (χ0n) is 44.2. The Morgan fingerprint density at radius 3 is 1.93 bits per heavy atom. The van der Waals surface area contributed by atoms with Crippen LogP contribution in [-0.4, -0.2) is 178 Å². The van der Waals surface area contributed by atoms with Gasteiger partial charge in [0.05, 0.1) is 56.6 Å². The van der Waals surface area contributed by atoms with Crippen molar-refractivity contribution in [2.24, 2.45) is 50.2 Å². The average molecular weight is 1040 g/mol. The summed E-state index contributed by atoms with van der Waals surface area (Å²) in [7, 11) is 2.32. The van der Waals surface area contributed by atoms with E-state index in [-0.39, 0.29) is 24.3 Å². The highest BCUT2D eigenvalue weighted by Gasteiger charge is 2.77. The minimum absolute atomic E-state index is 0.178. The van der Waals surface area contributed by atoms with Gasteiger partial charge in [0.1, 0.15) is 42.7 Å². The van der Waals surface area contributed by atoms with E-state index < -0.39 is 167 Å². The minimum Gasteiger partial charge on any atom is -0.469 e. The van der Waals surface area contributed by atoms with Crippen molar-refractivity contribution < 1.29 is 97.9 Å². The number of ether oxygens (including phenoxy) is 8. The van der Waals surface area contributed by atoms with Crippen LogP contribution in [0.25, 0.3) is 0 Å². The van der Waals surface area contributed by atoms with Gasteiger partial charge < -0.3 is 78.7 Å². The first-order valence-corrected chi connectivity index (χ1v) is 25.6. The van der Waals surface area contributed by atoms with E-state index in [2.05, 4.69) is 19.9 Å². The average Bonchev–Trinajstić information content (AvgIpc) is 3.36. The Morgan fingerprint density at radius 1 is 0.740 bits per heavy atom. The van der Waals surface area contributed by atoms with Crippen LogP contribution in [0.2, 0.25) is 0 Å². The first-order chi connectivity index (χ1) is 34.1. The van der Waals surface area contributed by atoms with Crippen molar-refractivity contribution in [1.29, 1.82) is 0 Å². The van der Waals surface area contributed by atoms with Crippen LogP contribution in [0.5, 0.6) is 0 Å². The number of rotatable bonds is 11. The standard InChI is InChI=1S/C53H80O20/c1-13-24(3)42(62)72-40-41(73-43(63)25(4)14-2)53(23-54)27(21-48(40,5)6)26-15-16-29-49(7)19-18-31(51(9,47(65)67-12)30(49)17-20-50(29,8)52(26,10)38(60)39(53)61)69-46-35(59)36(34(58)37(71-46)44(64)66-11)70-45-33(57)32(56)28(55)22-68-45/h13-15,27-41,45-46,54-61H,16-23H2,1-12H3/b24-13-,25-14-/t27-,28-,29+,30+,31-,32-,33+,34-,35+,36-,37-,38-,39+,40-,41-,45-,46+,49+,50+,51-,52-,53-/m0/s1. The van der Waals surface area contributed by atoms with Crippen molar-refractivity contribution in [2.75, 3.05) is 27.4 Å². The fourth-order valence-corrected chi connectivity index (χ4v) is 15.0. The fraction of sp³-hybridized carbons (Fsp3) is 0.811. The molecule has 2 aliphatic heterocycles. The van der Waals surface area contributed by atoms with Crippen LogP contribution >= 0.6 is 0 Å². The number of methoxy groups -OCH3 is 2. The molecule has 2 saturated heterocycles. The van der Waals surface area contributed by atoms with Crippen LogP contribution in [0.1, 0.15) is 108 Å². The molecule has 4 saturated carbocycles. The minimum atomic E-state index is -1.91. The third-order valence-electron chi connectivity index (χ3n) is 19.7. The number of fused-ring (bicyclic) bond motifs is 7. The Bertz CT molecular complexity index is 2210. The van der Waals surface area contributed by atoms with Crippen LogP contribution in [0, 0.1) is 50.2 Å². The largest absolute Gasteiger partial charge is 0.469 e. The lowest BCUT2D eigenvalue weighted by atomic mass is 9.32. The smallest absolute Gasteiger partial charge is 0.337 e. The van der Waals surface area contributed by atoms with Crippen molar-refractivity contribution >= 4 is 23.9 Å². The van der Waals surface area contributed by atoms with E-state index in [4.69, 9.17) is 37.9 Å². The monoisotopic (exact) mass is 1040 g/mol. The third-order valence-corrected chi connectivity index (χ3v) is 19.7. The van der Waals surface area contributed by atoms with Crippen LogP contribution < -0.4 is 0 Å². The van der Waals surface area contributed by atoms with Gasteiger partial charge in [-0.25, -0.2) is 14.4 Å².